The third-order valence-electron chi connectivity index (χ3n) is 2.58. The van der Waals surface area contributed by atoms with E-state index in [-0.39, 0.29) is 5.82 Å². The summed E-state index contributed by atoms with van der Waals surface area (Å²) >= 11 is 19.2. The molecule has 0 saturated heterocycles. The molecule has 0 radical (unpaired) electrons. The van der Waals surface area contributed by atoms with Crippen LogP contribution >= 0.6 is 46.5 Å². The maximum atomic E-state index is 6.18. The van der Waals surface area contributed by atoms with Crippen LogP contribution in [0.25, 0.3) is 11.0 Å². The molecule has 3 rings (SSSR count). The van der Waals surface area contributed by atoms with E-state index < -0.39 is 0 Å². The fourth-order valence-electron chi connectivity index (χ4n) is 1.63. The van der Waals surface area contributed by atoms with Crippen molar-refractivity contribution in [1.29, 1.82) is 0 Å². The molecule has 1 aromatic carbocycles. The van der Waals surface area contributed by atoms with Crippen molar-refractivity contribution in [2.45, 2.75) is 0 Å². The number of fused-ring (bicyclic) bond motifs is 1. The van der Waals surface area contributed by atoms with Crippen molar-refractivity contribution in [1.82, 2.24) is 13.7 Å². The molecule has 0 bridgehead atoms. The van der Waals surface area contributed by atoms with Crippen LogP contribution in [0.15, 0.2) is 18.2 Å². The van der Waals surface area contributed by atoms with Gasteiger partial charge in [0.25, 0.3) is 0 Å². The number of anilines is 3. The fraction of sp³-hybridized carbons (Fsp3) is 0. The first-order valence-corrected chi connectivity index (χ1v) is 7.22. The van der Waals surface area contributed by atoms with E-state index >= 15 is 0 Å². The van der Waals surface area contributed by atoms with E-state index in [0.29, 0.717) is 32.1 Å². The maximum absolute atomic E-state index is 6.18. The molecular weight excluding hydrogens is 341 g/mol. The molecule has 3 aromatic rings. The van der Waals surface area contributed by atoms with E-state index in [0.717, 1.165) is 17.2 Å². The van der Waals surface area contributed by atoms with Gasteiger partial charge in [-0.15, -0.1) is 0 Å². The van der Waals surface area contributed by atoms with Gasteiger partial charge in [-0.25, -0.2) is 4.98 Å². The van der Waals surface area contributed by atoms with Crippen LogP contribution in [0.2, 0.25) is 15.1 Å². The van der Waals surface area contributed by atoms with Crippen molar-refractivity contribution in [3.63, 3.8) is 0 Å². The molecule has 0 aliphatic rings. The van der Waals surface area contributed by atoms with Gasteiger partial charge < -0.3 is 11.1 Å². The van der Waals surface area contributed by atoms with Gasteiger partial charge in [-0.3, -0.25) is 0 Å². The predicted octanol–water partition coefficient (Wildman–Crippen LogP) is 4.37. The third-order valence-corrected chi connectivity index (χ3v) is 4.03. The van der Waals surface area contributed by atoms with Gasteiger partial charge in [0.2, 0.25) is 0 Å². The molecule has 5 nitrogen and oxygen atoms in total. The summed E-state index contributed by atoms with van der Waals surface area (Å²) in [6.45, 7) is 0. The topological polar surface area (TPSA) is 76.7 Å². The lowest BCUT2D eigenvalue weighted by atomic mass is 10.2. The van der Waals surface area contributed by atoms with Crippen molar-refractivity contribution < 1.29 is 0 Å². The number of rotatable bonds is 2. The number of halogens is 3. The monoisotopic (exact) mass is 345 g/mol. The number of nitrogen functional groups attached to an aromatic ring is 1. The van der Waals surface area contributed by atoms with E-state index in [4.69, 9.17) is 40.5 Å². The van der Waals surface area contributed by atoms with Crippen LogP contribution in [0.4, 0.5) is 17.3 Å². The van der Waals surface area contributed by atoms with Gasteiger partial charge in [0.05, 0.1) is 32.5 Å². The summed E-state index contributed by atoms with van der Waals surface area (Å²) in [4.78, 5) is 4.10. The normalized spacial score (nSPS) is 10.9. The number of hydrogen-bond donors (Lipinski definition) is 2. The lowest BCUT2D eigenvalue weighted by molar-refractivity contribution is 1.32. The van der Waals surface area contributed by atoms with Gasteiger partial charge in [0.1, 0.15) is 16.9 Å². The standard InChI is InChI=1S/C11H6Cl3N5S/c12-4-1-2-7-9(19-20-18-7)8(4)16-11-6(14)3-5(13)10(15)17-11/h1-3H,(H3,15,16,17). The average Bonchev–Trinajstić information content (AvgIpc) is 2.87. The molecule has 0 fully saturated rings. The molecule has 20 heavy (non-hydrogen) atoms. The highest BCUT2D eigenvalue weighted by Crippen LogP contribution is 2.35. The minimum atomic E-state index is 0.179. The molecule has 102 valence electrons. The van der Waals surface area contributed by atoms with E-state index in [1.54, 1.807) is 12.1 Å². The van der Waals surface area contributed by atoms with Gasteiger partial charge in [-0.1, -0.05) is 34.8 Å². The summed E-state index contributed by atoms with van der Waals surface area (Å²) in [6, 6.07) is 5.03. The van der Waals surface area contributed by atoms with Crippen LogP contribution in [-0.2, 0) is 0 Å². The fourth-order valence-corrected chi connectivity index (χ4v) is 2.78. The quantitative estimate of drug-likeness (QED) is 0.720. The van der Waals surface area contributed by atoms with Crippen molar-refractivity contribution in [3.8, 4) is 0 Å². The Morgan fingerprint density at radius 3 is 2.65 bits per heavy atom. The lowest BCUT2D eigenvalue weighted by Crippen LogP contribution is -2.00. The Morgan fingerprint density at radius 1 is 1.05 bits per heavy atom. The highest BCUT2D eigenvalue weighted by Gasteiger charge is 2.13. The number of nitrogens with two attached hydrogens (primary N) is 1. The zero-order valence-electron chi connectivity index (χ0n) is 9.69. The number of nitrogens with zero attached hydrogens (tertiary/aromatic N) is 3. The molecule has 0 aliphatic heterocycles. The molecule has 0 atom stereocenters. The molecule has 0 unspecified atom stereocenters. The van der Waals surface area contributed by atoms with Crippen molar-refractivity contribution in [2.75, 3.05) is 11.1 Å². The summed E-state index contributed by atoms with van der Waals surface area (Å²) in [6.07, 6.45) is 0. The second kappa shape index (κ2) is 5.21. The van der Waals surface area contributed by atoms with Crippen LogP contribution in [0.5, 0.6) is 0 Å². The van der Waals surface area contributed by atoms with Crippen LogP contribution in [0, 0.1) is 0 Å². The zero-order valence-corrected chi connectivity index (χ0v) is 12.8. The number of aromatic nitrogens is 3. The van der Waals surface area contributed by atoms with Crippen molar-refractivity contribution in [3.05, 3.63) is 33.3 Å². The van der Waals surface area contributed by atoms with Crippen LogP contribution in [0.3, 0.4) is 0 Å². The predicted molar refractivity (Wildman–Crippen MR) is 84.4 cm³/mol. The largest absolute Gasteiger partial charge is 0.382 e. The first-order chi connectivity index (χ1) is 9.56. The smallest absolute Gasteiger partial charge is 0.151 e. The summed E-state index contributed by atoms with van der Waals surface area (Å²) in [5.41, 5.74) is 7.63. The lowest BCUT2D eigenvalue weighted by Gasteiger charge is -2.10. The second-order valence-electron chi connectivity index (χ2n) is 3.87. The van der Waals surface area contributed by atoms with Gasteiger partial charge in [-0.05, 0) is 18.2 Å². The van der Waals surface area contributed by atoms with Gasteiger partial charge in [0.15, 0.2) is 5.82 Å². The van der Waals surface area contributed by atoms with Gasteiger partial charge in [-0.2, -0.15) is 8.75 Å². The van der Waals surface area contributed by atoms with Gasteiger partial charge in [0, 0.05) is 0 Å². The molecule has 9 heteroatoms. The van der Waals surface area contributed by atoms with Crippen molar-refractivity contribution in [2.24, 2.45) is 0 Å². The Bertz CT molecular complexity index is 804. The maximum Gasteiger partial charge on any atom is 0.151 e. The Balaban J connectivity index is 2.12. The van der Waals surface area contributed by atoms with Crippen LogP contribution < -0.4 is 11.1 Å². The SMILES string of the molecule is Nc1nc(Nc2c(Cl)ccc3nsnc23)c(Cl)cc1Cl. The molecule has 2 aromatic heterocycles. The number of nitrogens with one attached hydrogen (secondary N) is 1. The number of hydrogen-bond acceptors (Lipinski definition) is 6. The summed E-state index contributed by atoms with van der Waals surface area (Å²) in [5, 5.41) is 4.14. The average molecular weight is 347 g/mol. The molecule has 0 spiro atoms. The first-order valence-electron chi connectivity index (χ1n) is 5.35. The Morgan fingerprint density at radius 2 is 1.85 bits per heavy atom. The molecule has 2 heterocycles. The minimum Gasteiger partial charge on any atom is -0.382 e. The van der Waals surface area contributed by atoms with E-state index in [2.05, 4.69) is 19.0 Å². The summed E-state index contributed by atoms with van der Waals surface area (Å²) in [7, 11) is 0. The van der Waals surface area contributed by atoms with Crippen LogP contribution in [0.1, 0.15) is 0 Å². The molecular formula is C11H6Cl3N5S. The van der Waals surface area contributed by atoms with Crippen LogP contribution in [-0.4, -0.2) is 13.7 Å². The highest BCUT2D eigenvalue weighted by molar-refractivity contribution is 7.00. The van der Waals surface area contributed by atoms with Gasteiger partial charge >= 0.3 is 0 Å². The molecule has 3 N–H and O–H groups in total. The highest BCUT2D eigenvalue weighted by atomic mass is 35.5. The Hall–Kier alpha value is -1.34. The first kappa shape index (κ1) is 13.6. The van der Waals surface area contributed by atoms with E-state index in [9.17, 15) is 0 Å². The Kier molecular flexibility index (Phi) is 3.55. The van der Waals surface area contributed by atoms with Crippen molar-refractivity contribution >= 4 is 74.9 Å². The zero-order chi connectivity index (χ0) is 14.3. The number of pyridine rings is 1. The van der Waals surface area contributed by atoms with E-state index in [1.165, 1.54) is 6.07 Å². The Labute approximate surface area is 133 Å². The summed E-state index contributed by atoms with van der Waals surface area (Å²) in [5.74, 6) is 0.536. The minimum absolute atomic E-state index is 0.179. The molecule has 0 saturated carbocycles. The third kappa shape index (κ3) is 2.35. The second-order valence-corrected chi connectivity index (χ2v) is 5.62. The molecule has 0 aliphatic carbocycles. The number of benzene rings is 1. The molecule has 0 amide bonds. The summed E-state index contributed by atoms with van der Waals surface area (Å²) < 4.78 is 8.35. The van der Waals surface area contributed by atoms with E-state index in [1.807, 2.05) is 0 Å².